The Morgan fingerprint density at radius 3 is 2.87 bits per heavy atom. The Hall–Kier alpha value is -2.22. The lowest BCUT2D eigenvalue weighted by Crippen LogP contribution is -2.49. The minimum Gasteiger partial charge on any atom is -0.387 e. The molecule has 0 radical (unpaired) electrons. The predicted octanol–water partition coefficient (Wildman–Crippen LogP) is 0.966. The summed E-state index contributed by atoms with van der Waals surface area (Å²) >= 11 is 0. The van der Waals surface area contributed by atoms with Crippen molar-refractivity contribution in [2.24, 2.45) is 0 Å². The number of halogens is 2. The molecule has 126 valence electrons. The van der Waals surface area contributed by atoms with Crippen LogP contribution in [0, 0.1) is 11.6 Å². The number of carbonyl (C=O) groups excluding carboxylic acids is 2. The zero-order valence-corrected chi connectivity index (χ0v) is 12.4. The maximum Gasteiger partial charge on any atom is 0.315 e. The summed E-state index contributed by atoms with van der Waals surface area (Å²) in [6, 6.07) is 1.80. The van der Waals surface area contributed by atoms with Gasteiger partial charge in [0.1, 0.15) is 6.04 Å². The van der Waals surface area contributed by atoms with Gasteiger partial charge < -0.3 is 21.1 Å². The van der Waals surface area contributed by atoms with Gasteiger partial charge in [-0.3, -0.25) is 4.79 Å². The first-order valence-electron chi connectivity index (χ1n) is 7.42. The molecule has 8 heteroatoms. The molecule has 3 amide bonds. The van der Waals surface area contributed by atoms with Crippen LogP contribution in [-0.4, -0.2) is 36.2 Å². The van der Waals surface area contributed by atoms with Gasteiger partial charge in [0, 0.05) is 13.1 Å². The van der Waals surface area contributed by atoms with E-state index in [1.54, 1.807) is 0 Å². The van der Waals surface area contributed by atoms with Crippen LogP contribution in [0.5, 0.6) is 0 Å². The summed E-state index contributed by atoms with van der Waals surface area (Å²) in [5, 5.41) is 17.5. The number of amides is 3. The van der Waals surface area contributed by atoms with E-state index >= 15 is 0 Å². The van der Waals surface area contributed by atoms with E-state index < -0.39 is 29.8 Å². The SMILES string of the molecule is O=C(NC[C@H](O)c1ccc(F)c(F)c1)N[C@@H]1CCCCNC1=O. The highest BCUT2D eigenvalue weighted by molar-refractivity contribution is 5.87. The van der Waals surface area contributed by atoms with Crippen LogP contribution in [0.15, 0.2) is 18.2 Å². The third-order valence-corrected chi connectivity index (χ3v) is 3.63. The Morgan fingerprint density at radius 1 is 1.35 bits per heavy atom. The number of aliphatic hydroxyl groups excluding tert-OH is 1. The molecular formula is C15H19F2N3O3. The highest BCUT2D eigenvalue weighted by Crippen LogP contribution is 2.15. The van der Waals surface area contributed by atoms with Crippen LogP contribution in [0.25, 0.3) is 0 Å². The number of carbonyl (C=O) groups is 2. The molecule has 0 unspecified atom stereocenters. The van der Waals surface area contributed by atoms with Crippen LogP contribution in [-0.2, 0) is 4.79 Å². The number of hydrogen-bond acceptors (Lipinski definition) is 3. The largest absolute Gasteiger partial charge is 0.387 e. The van der Waals surface area contributed by atoms with Crippen molar-refractivity contribution in [1.82, 2.24) is 16.0 Å². The van der Waals surface area contributed by atoms with E-state index in [-0.39, 0.29) is 18.0 Å². The van der Waals surface area contributed by atoms with Gasteiger partial charge in [0.15, 0.2) is 11.6 Å². The zero-order valence-electron chi connectivity index (χ0n) is 12.4. The van der Waals surface area contributed by atoms with E-state index in [1.165, 1.54) is 6.07 Å². The fourth-order valence-electron chi connectivity index (χ4n) is 2.31. The van der Waals surface area contributed by atoms with Crippen molar-refractivity contribution in [3.63, 3.8) is 0 Å². The van der Waals surface area contributed by atoms with Gasteiger partial charge in [-0.05, 0) is 37.0 Å². The minimum absolute atomic E-state index is 0.149. The Morgan fingerprint density at radius 2 is 2.13 bits per heavy atom. The molecule has 1 saturated heterocycles. The number of nitrogens with one attached hydrogen (secondary N) is 3. The number of aliphatic hydroxyl groups is 1. The van der Waals surface area contributed by atoms with Crippen LogP contribution < -0.4 is 16.0 Å². The van der Waals surface area contributed by atoms with Gasteiger partial charge in [-0.1, -0.05) is 6.07 Å². The number of hydrogen-bond donors (Lipinski definition) is 4. The summed E-state index contributed by atoms with van der Waals surface area (Å²) in [5.74, 6) is -2.31. The fourth-order valence-corrected chi connectivity index (χ4v) is 2.31. The van der Waals surface area contributed by atoms with E-state index in [1.807, 2.05) is 0 Å². The topological polar surface area (TPSA) is 90.5 Å². The molecule has 0 bridgehead atoms. The monoisotopic (exact) mass is 327 g/mol. The molecule has 1 aromatic rings. The smallest absolute Gasteiger partial charge is 0.315 e. The van der Waals surface area contributed by atoms with Crippen LogP contribution in [0.1, 0.15) is 30.9 Å². The average molecular weight is 327 g/mol. The van der Waals surface area contributed by atoms with Gasteiger partial charge >= 0.3 is 6.03 Å². The Kier molecular flexibility index (Phi) is 5.86. The average Bonchev–Trinajstić information content (AvgIpc) is 2.72. The van der Waals surface area contributed by atoms with Crippen molar-refractivity contribution in [2.45, 2.75) is 31.4 Å². The molecule has 4 N–H and O–H groups in total. The highest BCUT2D eigenvalue weighted by Gasteiger charge is 2.22. The quantitative estimate of drug-likeness (QED) is 0.664. The van der Waals surface area contributed by atoms with Crippen molar-refractivity contribution in [3.8, 4) is 0 Å². The fraction of sp³-hybridized carbons (Fsp3) is 0.467. The maximum absolute atomic E-state index is 13.1. The second kappa shape index (κ2) is 7.87. The molecule has 0 saturated carbocycles. The number of urea groups is 1. The lowest BCUT2D eigenvalue weighted by Gasteiger charge is -2.17. The van der Waals surface area contributed by atoms with Gasteiger partial charge in [-0.2, -0.15) is 0 Å². The highest BCUT2D eigenvalue weighted by atomic mass is 19.2. The number of benzene rings is 1. The molecule has 1 aliphatic rings. The molecule has 6 nitrogen and oxygen atoms in total. The lowest BCUT2D eigenvalue weighted by molar-refractivity contribution is -0.122. The van der Waals surface area contributed by atoms with Crippen LogP contribution in [0.2, 0.25) is 0 Å². The zero-order chi connectivity index (χ0) is 16.8. The minimum atomic E-state index is -1.18. The van der Waals surface area contributed by atoms with Gasteiger partial charge in [-0.25, -0.2) is 13.6 Å². The summed E-state index contributed by atoms with van der Waals surface area (Å²) in [6.07, 6.45) is 1.05. The van der Waals surface area contributed by atoms with Crippen molar-refractivity contribution in [3.05, 3.63) is 35.4 Å². The summed E-state index contributed by atoms with van der Waals surface area (Å²) in [5.41, 5.74) is 0.149. The van der Waals surface area contributed by atoms with Gasteiger partial charge in [0.05, 0.1) is 6.10 Å². The van der Waals surface area contributed by atoms with E-state index in [2.05, 4.69) is 16.0 Å². The van der Waals surface area contributed by atoms with Crippen molar-refractivity contribution >= 4 is 11.9 Å². The standard InChI is InChI=1S/C15H19F2N3O3/c16-10-5-4-9(7-11(10)17)13(21)8-19-15(23)20-12-3-1-2-6-18-14(12)22/h4-5,7,12-13,21H,1-3,6,8H2,(H,18,22)(H2,19,20,23)/t12-,13+/m1/s1. The van der Waals surface area contributed by atoms with Crippen LogP contribution >= 0.6 is 0 Å². The summed E-state index contributed by atoms with van der Waals surface area (Å²) in [7, 11) is 0. The van der Waals surface area contributed by atoms with Crippen LogP contribution in [0.3, 0.4) is 0 Å². The van der Waals surface area contributed by atoms with Gasteiger partial charge in [0.25, 0.3) is 0 Å². The summed E-state index contributed by atoms with van der Waals surface area (Å²) in [4.78, 5) is 23.5. The Bertz CT molecular complexity index is 583. The Labute approximate surface area is 132 Å². The normalized spacial score (nSPS) is 19.4. The van der Waals surface area contributed by atoms with Crippen molar-refractivity contribution < 1.29 is 23.5 Å². The van der Waals surface area contributed by atoms with Crippen LogP contribution in [0.4, 0.5) is 13.6 Å². The van der Waals surface area contributed by atoms with Crippen molar-refractivity contribution in [2.75, 3.05) is 13.1 Å². The number of rotatable bonds is 4. The predicted molar refractivity (Wildman–Crippen MR) is 78.5 cm³/mol. The van der Waals surface area contributed by atoms with E-state index in [4.69, 9.17) is 0 Å². The molecule has 0 aliphatic carbocycles. The third-order valence-electron chi connectivity index (χ3n) is 3.63. The molecule has 2 atom stereocenters. The van der Waals surface area contributed by atoms with E-state index in [0.29, 0.717) is 13.0 Å². The second-order valence-electron chi connectivity index (χ2n) is 5.38. The maximum atomic E-state index is 13.1. The first-order chi connectivity index (χ1) is 11.0. The van der Waals surface area contributed by atoms with E-state index in [0.717, 1.165) is 25.0 Å². The third kappa shape index (κ3) is 4.88. The molecule has 1 aliphatic heterocycles. The summed E-state index contributed by atoms with van der Waals surface area (Å²) < 4.78 is 25.9. The second-order valence-corrected chi connectivity index (χ2v) is 5.38. The summed E-state index contributed by atoms with van der Waals surface area (Å²) in [6.45, 7) is 0.402. The first kappa shape index (κ1) is 17.1. The van der Waals surface area contributed by atoms with Gasteiger partial charge in [0.2, 0.25) is 5.91 Å². The molecule has 2 rings (SSSR count). The molecule has 23 heavy (non-hydrogen) atoms. The van der Waals surface area contributed by atoms with E-state index in [9.17, 15) is 23.5 Å². The molecule has 0 spiro atoms. The molecule has 1 fully saturated rings. The lowest BCUT2D eigenvalue weighted by atomic mass is 10.1. The van der Waals surface area contributed by atoms with Crippen molar-refractivity contribution in [1.29, 1.82) is 0 Å². The molecule has 0 aromatic heterocycles. The Balaban J connectivity index is 1.83. The molecular weight excluding hydrogens is 308 g/mol. The molecule has 1 aromatic carbocycles. The molecule has 1 heterocycles. The first-order valence-corrected chi connectivity index (χ1v) is 7.42. The van der Waals surface area contributed by atoms with Gasteiger partial charge in [-0.15, -0.1) is 0 Å².